The van der Waals surface area contributed by atoms with Crippen molar-refractivity contribution < 1.29 is 27.9 Å². The van der Waals surface area contributed by atoms with Crippen LogP contribution in [-0.4, -0.2) is 31.7 Å². The monoisotopic (exact) mass is 551 g/mol. The standard InChI is InChI=1S/C31H37NO6S/c1-20(2)14-29(25-16-21(3)15-22(4)17-25)32-31(35)28-18-26(10-8-24(28)9-13-30(33)34)38-19-23-6-11-27(12-7-23)39(5,36)37/h6-8,10-12,15-18,20,29H,9,13-14,19H2,1-5H3,(H,32,35)(H,33,34). The first-order chi connectivity index (χ1) is 18.3. The second-order valence-corrected chi connectivity index (χ2v) is 12.5. The van der Waals surface area contributed by atoms with Crippen molar-refractivity contribution in [3.05, 3.63) is 94.0 Å². The predicted octanol–water partition coefficient (Wildman–Crippen LogP) is 5.82. The maximum atomic E-state index is 13.6. The molecular formula is C31H37NO6S. The molecule has 0 saturated carbocycles. The molecule has 7 nitrogen and oxygen atoms in total. The van der Waals surface area contributed by atoms with Crippen LogP contribution >= 0.6 is 0 Å². The smallest absolute Gasteiger partial charge is 0.303 e. The van der Waals surface area contributed by atoms with E-state index in [1.165, 1.54) is 12.1 Å². The van der Waals surface area contributed by atoms with E-state index >= 15 is 0 Å². The molecule has 1 amide bonds. The molecule has 1 unspecified atom stereocenters. The highest BCUT2D eigenvalue weighted by atomic mass is 32.2. The number of carbonyl (C=O) groups is 2. The van der Waals surface area contributed by atoms with Gasteiger partial charge < -0.3 is 15.2 Å². The fourth-order valence-electron chi connectivity index (χ4n) is 4.51. The predicted molar refractivity (Wildman–Crippen MR) is 152 cm³/mol. The minimum Gasteiger partial charge on any atom is -0.489 e. The number of carbonyl (C=O) groups excluding carboxylic acids is 1. The number of rotatable bonds is 12. The van der Waals surface area contributed by atoms with Gasteiger partial charge in [-0.05, 0) is 73.6 Å². The van der Waals surface area contributed by atoms with Gasteiger partial charge in [-0.15, -0.1) is 0 Å². The van der Waals surface area contributed by atoms with Crippen LogP contribution in [-0.2, 0) is 27.7 Å². The van der Waals surface area contributed by atoms with Crippen molar-refractivity contribution in [2.45, 2.75) is 64.5 Å². The van der Waals surface area contributed by atoms with Crippen molar-refractivity contribution >= 4 is 21.7 Å². The van der Waals surface area contributed by atoms with E-state index in [9.17, 15) is 23.1 Å². The van der Waals surface area contributed by atoms with Gasteiger partial charge in [-0.2, -0.15) is 0 Å². The largest absolute Gasteiger partial charge is 0.489 e. The third-order valence-electron chi connectivity index (χ3n) is 6.35. The summed E-state index contributed by atoms with van der Waals surface area (Å²) in [5.74, 6) is -0.431. The summed E-state index contributed by atoms with van der Waals surface area (Å²) in [6.07, 6.45) is 2.02. The Morgan fingerprint density at radius 3 is 2.15 bits per heavy atom. The zero-order valence-electron chi connectivity index (χ0n) is 23.2. The number of sulfone groups is 1. The molecule has 0 aromatic heterocycles. The number of aryl methyl sites for hydroxylation is 3. The van der Waals surface area contributed by atoms with Crippen LogP contribution < -0.4 is 10.1 Å². The van der Waals surface area contributed by atoms with Crippen LogP contribution in [0.5, 0.6) is 5.75 Å². The van der Waals surface area contributed by atoms with Crippen molar-refractivity contribution in [1.29, 1.82) is 0 Å². The van der Waals surface area contributed by atoms with E-state index in [1.54, 1.807) is 30.3 Å². The molecule has 3 rings (SSSR count). The third-order valence-corrected chi connectivity index (χ3v) is 7.48. The zero-order chi connectivity index (χ0) is 28.7. The fourth-order valence-corrected chi connectivity index (χ4v) is 5.14. The second-order valence-electron chi connectivity index (χ2n) is 10.5. The van der Waals surface area contributed by atoms with Gasteiger partial charge in [0.25, 0.3) is 5.91 Å². The molecule has 0 aliphatic heterocycles. The summed E-state index contributed by atoms with van der Waals surface area (Å²) in [4.78, 5) is 25.1. The molecule has 3 aromatic carbocycles. The van der Waals surface area contributed by atoms with E-state index in [-0.39, 0.29) is 36.3 Å². The number of carboxylic acids is 1. The SMILES string of the molecule is Cc1cc(C)cc(C(CC(C)C)NC(=O)c2cc(OCc3ccc(S(C)(=O)=O)cc3)ccc2CCC(=O)O)c1. The Bertz CT molecular complexity index is 1410. The number of ether oxygens (including phenoxy) is 1. The van der Waals surface area contributed by atoms with Crippen LogP contribution in [0, 0.1) is 19.8 Å². The van der Waals surface area contributed by atoms with Crippen LogP contribution in [0.25, 0.3) is 0 Å². The van der Waals surface area contributed by atoms with Gasteiger partial charge in [0.2, 0.25) is 0 Å². The molecule has 0 saturated heterocycles. The van der Waals surface area contributed by atoms with Gasteiger partial charge in [0.1, 0.15) is 12.4 Å². The Hall–Kier alpha value is -3.65. The number of nitrogens with one attached hydrogen (secondary N) is 1. The minimum absolute atomic E-state index is 0.0976. The van der Waals surface area contributed by atoms with Gasteiger partial charge in [0.15, 0.2) is 9.84 Å². The molecule has 0 fully saturated rings. The van der Waals surface area contributed by atoms with Crippen molar-refractivity contribution in [2.24, 2.45) is 5.92 Å². The fraction of sp³-hybridized carbons (Fsp3) is 0.355. The lowest BCUT2D eigenvalue weighted by Gasteiger charge is -2.23. The third kappa shape index (κ3) is 8.96. The molecule has 0 spiro atoms. The lowest BCUT2D eigenvalue weighted by molar-refractivity contribution is -0.136. The van der Waals surface area contributed by atoms with E-state index in [0.29, 0.717) is 22.8 Å². The molecule has 39 heavy (non-hydrogen) atoms. The Kier molecular flexibility index (Phi) is 9.92. The summed E-state index contributed by atoms with van der Waals surface area (Å²) >= 11 is 0. The summed E-state index contributed by atoms with van der Waals surface area (Å²) in [5, 5.41) is 12.4. The summed E-state index contributed by atoms with van der Waals surface area (Å²) in [5.41, 5.74) is 5.05. The number of hydrogen-bond acceptors (Lipinski definition) is 5. The first kappa shape index (κ1) is 29.9. The number of benzene rings is 3. The Labute approximate surface area is 231 Å². The Balaban J connectivity index is 1.87. The highest BCUT2D eigenvalue weighted by Crippen LogP contribution is 2.26. The summed E-state index contributed by atoms with van der Waals surface area (Å²) in [6.45, 7) is 8.46. The normalized spacial score (nSPS) is 12.3. The van der Waals surface area contributed by atoms with Crippen molar-refractivity contribution in [2.75, 3.05) is 6.26 Å². The molecule has 1 atom stereocenters. The molecule has 0 aliphatic rings. The van der Waals surface area contributed by atoms with Crippen LogP contribution in [0.1, 0.15) is 70.9 Å². The minimum atomic E-state index is -3.29. The number of amides is 1. The van der Waals surface area contributed by atoms with Gasteiger partial charge in [0.05, 0.1) is 10.9 Å². The van der Waals surface area contributed by atoms with Gasteiger partial charge in [-0.25, -0.2) is 8.42 Å². The van der Waals surface area contributed by atoms with Gasteiger partial charge >= 0.3 is 5.97 Å². The molecule has 0 aliphatic carbocycles. The lowest BCUT2D eigenvalue weighted by Crippen LogP contribution is -2.30. The molecular weight excluding hydrogens is 514 g/mol. The van der Waals surface area contributed by atoms with E-state index in [4.69, 9.17) is 4.74 Å². The van der Waals surface area contributed by atoms with Crippen LogP contribution in [0.4, 0.5) is 0 Å². The average Bonchev–Trinajstić information content (AvgIpc) is 2.84. The van der Waals surface area contributed by atoms with Crippen LogP contribution in [0.2, 0.25) is 0 Å². The lowest BCUT2D eigenvalue weighted by atomic mass is 9.93. The first-order valence-corrected chi connectivity index (χ1v) is 14.9. The van der Waals surface area contributed by atoms with Crippen LogP contribution in [0.3, 0.4) is 0 Å². The van der Waals surface area contributed by atoms with E-state index < -0.39 is 15.8 Å². The maximum Gasteiger partial charge on any atom is 0.303 e. The Morgan fingerprint density at radius 1 is 0.949 bits per heavy atom. The first-order valence-electron chi connectivity index (χ1n) is 13.0. The summed E-state index contributed by atoms with van der Waals surface area (Å²) in [7, 11) is -3.29. The quantitative estimate of drug-likeness (QED) is 0.294. The second kappa shape index (κ2) is 12.9. The van der Waals surface area contributed by atoms with Gasteiger partial charge in [-0.1, -0.05) is 61.4 Å². The van der Waals surface area contributed by atoms with Gasteiger partial charge in [0, 0.05) is 18.2 Å². The average molecular weight is 552 g/mol. The van der Waals surface area contributed by atoms with Crippen molar-refractivity contribution in [3.8, 4) is 5.75 Å². The van der Waals surface area contributed by atoms with E-state index in [0.717, 1.165) is 34.9 Å². The molecule has 0 radical (unpaired) electrons. The number of aliphatic carboxylic acids is 1. The van der Waals surface area contributed by atoms with Crippen LogP contribution in [0.15, 0.2) is 65.6 Å². The molecule has 0 bridgehead atoms. The topological polar surface area (TPSA) is 110 Å². The van der Waals surface area contributed by atoms with Crippen molar-refractivity contribution in [3.63, 3.8) is 0 Å². The zero-order valence-corrected chi connectivity index (χ0v) is 24.0. The van der Waals surface area contributed by atoms with Gasteiger partial charge in [-0.3, -0.25) is 9.59 Å². The van der Waals surface area contributed by atoms with E-state index in [2.05, 4.69) is 37.4 Å². The molecule has 0 heterocycles. The number of hydrogen-bond donors (Lipinski definition) is 2. The van der Waals surface area contributed by atoms with E-state index in [1.807, 2.05) is 13.8 Å². The highest BCUT2D eigenvalue weighted by molar-refractivity contribution is 7.90. The van der Waals surface area contributed by atoms with Crippen molar-refractivity contribution in [1.82, 2.24) is 5.32 Å². The maximum absolute atomic E-state index is 13.6. The highest BCUT2D eigenvalue weighted by Gasteiger charge is 2.21. The molecule has 208 valence electrons. The molecule has 3 aromatic rings. The Morgan fingerprint density at radius 2 is 1.59 bits per heavy atom. The summed E-state index contributed by atoms with van der Waals surface area (Å²) in [6, 6.07) is 17.6. The molecule has 8 heteroatoms. The molecule has 2 N–H and O–H groups in total. The summed E-state index contributed by atoms with van der Waals surface area (Å²) < 4.78 is 29.3. The number of carboxylic acid groups (broad SMARTS) is 1.